The number of halogens is 1. The van der Waals surface area contributed by atoms with Crippen LogP contribution < -0.4 is 11.1 Å². The lowest BCUT2D eigenvalue weighted by Crippen LogP contribution is -2.47. The van der Waals surface area contributed by atoms with Crippen LogP contribution in [0.25, 0.3) is 0 Å². The predicted molar refractivity (Wildman–Crippen MR) is 75.8 cm³/mol. The molecule has 1 rings (SSSR count). The largest absolute Gasteiger partial charge is 0.382 e. The van der Waals surface area contributed by atoms with Crippen molar-refractivity contribution in [2.45, 2.75) is 19.4 Å². The standard InChI is InChI=1S/C15H19FN2O2/c1-15(2,10-20-3)18-14(19)13-9-12(16)7-6-11(13)5-4-8-17/h6-7,9H,8,10,17H2,1-3H3,(H,18,19). The second-order valence-corrected chi connectivity index (χ2v) is 4.97. The SMILES string of the molecule is COCC(C)(C)NC(=O)c1cc(F)ccc1C#CCN. The molecule has 0 saturated carbocycles. The van der Waals surface area contributed by atoms with Crippen LogP contribution in [0.1, 0.15) is 29.8 Å². The lowest BCUT2D eigenvalue weighted by molar-refractivity contribution is 0.0819. The maximum Gasteiger partial charge on any atom is 0.253 e. The highest BCUT2D eigenvalue weighted by Crippen LogP contribution is 2.12. The molecule has 0 aliphatic carbocycles. The number of methoxy groups -OCH3 is 1. The van der Waals surface area contributed by atoms with Gasteiger partial charge in [-0.25, -0.2) is 4.39 Å². The third kappa shape index (κ3) is 4.65. The van der Waals surface area contributed by atoms with Crippen LogP contribution in [0.5, 0.6) is 0 Å². The Bertz CT molecular complexity index is 545. The molecule has 1 aromatic rings. The van der Waals surface area contributed by atoms with Crippen LogP contribution >= 0.6 is 0 Å². The quantitative estimate of drug-likeness (QED) is 0.816. The van der Waals surface area contributed by atoms with Gasteiger partial charge in [-0.2, -0.15) is 0 Å². The second-order valence-electron chi connectivity index (χ2n) is 4.97. The summed E-state index contributed by atoms with van der Waals surface area (Å²) in [4.78, 5) is 12.2. The summed E-state index contributed by atoms with van der Waals surface area (Å²) in [6.07, 6.45) is 0. The summed E-state index contributed by atoms with van der Waals surface area (Å²) in [5.41, 5.74) is 5.39. The Morgan fingerprint density at radius 1 is 1.50 bits per heavy atom. The zero-order valence-electron chi connectivity index (χ0n) is 11.9. The number of carbonyl (C=O) groups is 1. The molecule has 0 fully saturated rings. The number of nitrogens with two attached hydrogens (primary N) is 1. The van der Waals surface area contributed by atoms with E-state index in [0.29, 0.717) is 12.2 Å². The smallest absolute Gasteiger partial charge is 0.253 e. The summed E-state index contributed by atoms with van der Waals surface area (Å²) >= 11 is 0. The molecule has 0 spiro atoms. The number of rotatable bonds is 4. The predicted octanol–water partition coefficient (Wildman–Crippen LogP) is 1.29. The minimum absolute atomic E-state index is 0.174. The zero-order valence-corrected chi connectivity index (χ0v) is 11.9. The van der Waals surface area contributed by atoms with Crippen molar-refractivity contribution in [3.63, 3.8) is 0 Å². The second kappa shape index (κ2) is 7.04. The van der Waals surface area contributed by atoms with Crippen LogP contribution in [-0.4, -0.2) is 31.7 Å². The fraction of sp³-hybridized carbons (Fsp3) is 0.400. The van der Waals surface area contributed by atoms with E-state index in [0.717, 1.165) is 0 Å². The molecule has 1 amide bonds. The van der Waals surface area contributed by atoms with Crippen molar-refractivity contribution < 1.29 is 13.9 Å². The highest BCUT2D eigenvalue weighted by Gasteiger charge is 2.22. The van der Waals surface area contributed by atoms with Gasteiger partial charge in [-0.3, -0.25) is 4.79 Å². The third-order valence-corrected chi connectivity index (χ3v) is 2.51. The van der Waals surface area contributed by atoms with Gasteiger partial charge in [0.1, 0.15) is 5.82 Å². The number of amides is 1. The van der Waals surface area contributed by atoms with E-state index in [4.69, 9.17) is 10.5 Å². The Hall–Kier alpha value is -1.90. The van der Waals surface area contributed by atoms with Gasteiger partial charge in [-0.15, -0.1) is 0 Å². The van der Waals surface area contributed by atoms with E-state index in [1.54, 1.807) is 7.11 Å². The fourth-order valence-corrected chi connectivity index (χ4v) is 1.73. The van der Waals surface area contributed by atoms with Crippen molar-refractivity contribution >= 4 is 5.91 Å². The van der Waals surface area contributed by atoms with Gasteiger partial charge < -0.3 is 15.8 Å². The average molecular weight is 278 g/mol. The van der Waals surface area contributed by atoms with Gasteiger partial charge in [0.05, 0.1) is 24.3 Å². The first kappa shape index (κ1) is 16.2. The Kier molecular flexibility index (Phi) is 5.68. The number of hydrogen-bond acceptors (Lipinski definition) is 3. The Balaban J connectivity index is 3.05. The van der Waals surface area contributed by atoms with Crippen molar-refractivity contribution in [1.29, 1.82) is 0 Å². The van der Waals surface area contributed by atoms with Gasteiger partial charge in [0.2, 0.25) is 0 Å². The Morgan fingerprint density at radius 2 is 2.20 bits per heavy atom. The van der Waals surface area contributed by atoms with Gasteiger partial charge in [-0.1, -0.05) is 11.8 Å². The van der Waals surface area contributed by atoms with Gasteiger partial charge in [0.15, 0.2) is 0 Å². The van der Waals surface area contributed by atoms with Crippen molar-refractivity contribution in [2.75, 3.05) is 20.3 Å². The fourth-order valence-electron chi connectivity index (χ4n) is 1.73. The van der Waals surface area contributed by atoms with Gasteiger partial charge >= 0.3 is 0 Å². The molecular formula is C15H19FN2O2. The van der Waals surface area contributed by atoms with Crippen LogP contribution in [0.2, 0.25) is 0 Å². The molecule has 0 saturated heterocycles. The summed E-state index contributed by atoms with van der Waals surface area (Å²) in [5, 5.41) is 2.79. The monoisotopic (exact) mass is 278 g/mol. The minimum Gasteiger partial charge on any atom is -0.382 e. The number of nitrogens with one attached hydrogen (secondary N) is 1. The van der Waals surface area contributed by atoms with E-state index in [9.17, 15) is 9.18 Å². The summed E-state index contributed by atoms with van der Waals surface area (Å²) in [5.74, 6) is 4.54. The molecule has 4 nitrogen and oxygen atoms in total. The van der Waals surface area contributed by atoms with E-state index in [2.05, 4.69) is 17.2 Å². The highest BCUT2D eigenvalue weighted by molar-refractivity contribution is 5.97. The zero-order chi connectivity index (χ0) is 15.2. The molecule has 20 heavy (non-hydrogen) atoms. The van der Waals surface area contributed by atoms with E-state index in [1.807, 2.05) is 13.8 Å². The summed E-state index contributed by atoms with van der Waals surface area (Å²) in [6, 6.07) is 3.90. The highest BCUT2D eigenvalue weighted by atomic mass is 19.1. The van der Waals surface area contributed by atoms with Crippen molar-refractivity contribution in [3.8, 4) is 11.8 Å². The van der Waals surface area contributed by atoms with Gasteiger partial charge in [0.25, 0.3) is 5.91 Å². The molecule has 108 valence electrons. The van der Waals surface area contributed by atoms with Gasteiger partial charge in [-0.05, 0) is 32.0 Å². The molecule has 1 aromatic carbocycles. The lowest BCUT2D eigenvalue weighted by Gasteiger charge is -2.25. The molecule has 0 aliphatic heterocycles. The Morgan fingerprint density at radius 3 is 2.80 bits per heavy atom. The average Bonchev–Trinajstić information content (AvgIpc) is 2.36. The van der Waals surface area contributed by atoms with Crippen LogP contribution in [0.3, 0.4) is 0 Å². The van der Waals surface area contributed by atoms with E-state index < -0.39 is 17.3 Å². The molecule has 0 radical (unpaired) electrons. The number of ether oxygens (including phenoxy) is 1. The van der Waals surface area contributed by atoms with Gasteiger partial charge in [0, 0.05) is 12.7 Å². The maximum absolute atomic E-state index is 13.3. The topological polar surface area (TPSA) is 64.3 Å². The maximum atomic E-state index is 13.3. The molecular weight excluding hydrogens is 259 g/mol. The summed E-state index contributed by atoms with van der Waals surface area (Å²) in [7, 11) is 1.55. The summed E-state index contributed by atoms with van der Waals surface area (Å²) < 4.78 is 18.4. The summed E-state index contributed by atoms with van der Waals surface area (Å²) in [6.45, 7) is 4.16. The van der Waals surface area contributed by atoms with E-state index >= 15 is 0 Å². The molecule has 0 bridgehead atoms. The first-order valence-corrected chi connectivity index (χ1v) is 6.19. The molecule has 0 heterocycles. The van der Waals surface area contributed by atoms with Crippen LogP contribution in [-0.2, 0) is 4.74 Å². The number of hydrogen-bond donors (Lipinski definition) is 2. The van der Waals surface area contributed by atoms with Crippen LogP contribution in [0.15, 0.2) is 18.2 Å². The van der Waals surface area contributed by atoms with Crippen LogP contribution in [0.4, 0.5) is 4.39 Å². The van der Waals surface area contributed by atoms with E-state index in [1.165, 1.54) is 18.2 Å². The molecule has 0 aliphatic rings. The molecule has 0 unspecified atom stereocenters. The van der Waals surface area contributed by atoms with E-state index in [-0.39, 0.29) is 12.1 Å². The first-order chi connectivity index (χ1) is 9.39. The van der Waals surface area contributed by atoms with Crippen molar-refractivity contribution in [3.05, 3.63) is 35.1 Å². The van der Waals surface area contributed by atoms with Crippen molar-refractivity contribution in [1.82, 2.24) is 5.32 Å². The minimum atomic E-state index is -0.559. The Labute approximate surface area is 118 Å². The third-order valence-electron chi connectivity index (χ3n) is 2.51. The van der Waals surface area contributed by atoms with Crippen molar-refractivity contribution in [2.24, 2.45) is 5.73 Å². The number of benzene rings is 1. The number of carbonyl (C=O) groups excluding carboxylic acids is 1. The first-order valence-electron chi connectivity index (χ1n) is 6.19. The van der Waals surface area contributed by atoms with Crippen LogP contribution in [0, 0.1) is 17.7 Å². The molecule has 0 atom stereocenters. The normalized spacial score (nSPS) is 10.7. The lowest BCUT2D eigenvalue weighted by atomic mass is 10.0. The molecule has 3 N–H and O–H groups in total. The molecule has 5 heteroatoms. The molecule has 0 aromatic heterocycles.